The monoisotopic (exact) mass is 266 g/mol. The Morgan fingerprint density at radius 3 is 2.11 bits per heavy atom. The Kier molecular flexibility index (Phi) is 2.31. The molecule has 4 fully saturated rings. The first kappa shape index (κ1) is 12.2. The molecule has 0 heterocycles. The minimum absolute atomic E-state index is 0.0607. The third-order valence-electron chi connectivity index (χ3n) is 4.48. The van der Waals surface area contributed by atoms with Crippen molar-refractivity contribution in [3.8, 4) is 0 Å². The van der Waals surface area contributed by atoms with Crippen LogP contribution in [0.15, 0.2) is 0 Å². The first-order chi connectivity index (χ1) is 8.20. The van der Waals surface area contributed by atoms with Gasteiger partial charge in [-0.25, -0.2) is 9.18 Å². The van der Waals surface area contributed by atoms with Gasteiger partial charge in [0.05, 0.1) is 0 Å². The number of ether oxygens (including phenoxy) is 1. The quantitative estimate of drug-likeness (QED) is 0.538. The van der Waals surface area contributed by atoms with Gasteiger partial charge in [0.25, 0.3) is 0 Å². The smallest absolute Gasteiger partial charge is 0.452 e. The van der Waals surface area contributed by atoms with E-state index in [0.717, 1.165) is 6.42 Å². The van der Waals surface area contributed by atoms with E-state index in [1.807, 2.05) is 0 Å². The van der Waals surface area contributed by atoms with Crippen LogP contribution in [-0.2, 0) is 9.53 Å². The molecule has 2 nitrogen and oxygen atoms in total. The lowest BCUT2D eigenvalue weighted by Crippen LogP contribution is -2.59. The number of carbonyl (C=O) groups is 1. The second-order valence-corrected chi connectivity index (χ2v) is 6.18. The van der Waals surface area contributed by atoms with E-state index in [1.54, 1.807) is 0 Å². The van der Waals surface area contributed by atoms with Gasteiger partial charge in [-0.05, 0) is 43.9 Å². The maximum Gasteiger partial charge on any atom is 0.490 e. The first-order valence-electron chi connectivity index (χ1n) is 6.19. The van der Waals surface area contributed by atoms with Crippen molar-refractivity contribution < 1.29 is 27.1 Å². The van der Waals surface area contributed by atoms with Crippen LogP contribution in [0, 0.1) is 11.8 Å². The van der Waals surface area contributed by atoms with Crippen LogP contribution >= 0.6 is 0 Å². The van der Waals surface area contributed by atoms with Crippen molar-refractivity contribution in [2.45, 2.75) is 56.0 Å². The van der Waals surface area contributed by atoms with E-state index in [4.69, 9.17) is 0 Å². The predicted molar refractivity (Wildman–Crippen MR) is 53.4 cm³/mol. The van der Waals surface area contributed by atoms with Crippen molar-refractivity contribution >= 4 is 5.97 Å². The Bertz CT molecular complexity index is 376. The molecule has 0 aliphatic heterocycles. The predicted octanol–water partition coefficient (Wildman–Crippen LogP) is 3.15. The number of carbonyl (C=O) groups excluding carboxylic acids is 1. The molecule has 4 aliphatic carbocycles. The molecular formula is C12H14F4O2. The minimum Gasteiger partial charge on any atom is -0.452 e. The number of hydrogen-bond donors (Lipinski definition) is 0. The molecule has 0 saturated heterocycles. The molecule has 0 N–H and O–H groups in total. The molecule has 4 aliphatic rings. The summed E-state index contributed by atoms with van der Waals surface area (Å²) < 4.78 is 55.9. The highest BCUT2D eigenvalue weighted by molar-refractivity contribution is 5.76. The average molecular weight is 266 g/mol. The molecule has 0 aromatic carbocycles. The van der Waals surface area contributed by atoms with E-state index < -0.39 is 23.4 Å². The summed E-state index contributed by atoms with van der Waals surface area (Å²) in [4.78, 5) is 11.0. The Morgan fingerprint density at radius 1 is 1.11 bits per heavy atom. The van der Waals surface area contributed by atoms with Crippen LogP contribution < -0.4 is 0 Å². The van der Waals surface area contributed by atoms with Gasteiger partial charge in [0.2, 0.25) is 0 Å². The van der Waals surface area contributed by atoms with Gasteiger partial charge in [0.1, 0.15) is 11.3 Å². The fraction of sp³-hybridized carbons (Fsp3) is 0.917. The molecule has 18 heavy (non-hydrogen) atoms. The SMILES string of the molecule is O=C(OC12CC3CC(CC(F)(C3)C1)C2)C(F)(F)F. The van der Waals surface area contributed by atoms with Crippen LogP contribution in [0.4, 0.5) is 17.6 Å². The van der Waals surface area contributed by atoms with Crippen molar-refractivity contribution in [3.63, 3.8) is 0 Å². The number of alkyl halides is 4. The Labute approximate surface area is 102 Å². The highest BCUT2D eigenvalue weighted by Crippen LogP contribution is 2.60. The fourth-order valence-corrected chi connectivity index (χ4v) is 4.44. The van der Waals surface area contributed by atoms with Crippen LogP contribution in [0.1, 0.15) is 38.5 Å². The van der Waals surface area contributed by atoms with Gasteiger partial charge in [-0.2, -0.15) is 13.2 Å². The summed E-state index contributed by atoms with van der Waals surface area (Å²) in [6.07, 6.45) is -2.60. The van der Waals surface area contributed by atoms with Crippen LogP contribution in [0.5, 0.6) is 0 Å². The third-order valence-corrected chi connectivity index (χ3v) is 4.48. The Hall–Kier alpha value is -0.810. The summed E-state index contributed by atoms with van der Waals surface area (Å²) in [6, 6.07) is 0. The number of esters is 1. The van der Waals surface area contributed by atoms with Gasteiger partial charge in [-0.3, -0.25) is 0 Å². The summed E-state index contributed by atoms with van der Waals surface area (Å²) in [5.74, 6) is -2.04. The fourth-order valence-electron chi connectivity index (χ4n) is 4.44. The standard InChI is InChI=1S/C12H14F4O2/c13-10-2-7-1-8(3-10)5-11(4-7,6-10)18-9(17)12(14,15)16/h7-8H,1-6H2. The Morgan fingerprint density at radius 2 is 1.67 bits per heavy atom. The molecule has 4 saturated carbocycles. The number of halogens is 4. The van der Waals surface area contributed by atoms with Gasteiger partial charge >= 0.3 is 12.1 Å². The molecule has 0 aromatic heterocycles. The lowest BCUT2D eigenvalue weighted by atomic mass is 9.53. The molecule has 2 atom stereocenters. The van der Waals surface area contributed by atoms with Crippen LogP contribution in [-0.4, -0.2) is 23.4 Å². The van der Waals surface area contributed by atoms with Crippen molar-refractivity contribution in [2.75, 3.05) is 0 Å². The van der Waals surface area contributed by atoms with Gasteiger partial charge in [-0.15, -0.1) is 0 Å². The topological polar surface area (TPSA) is 26.3 Å². The highest BCUT2D eigenvalue weighted by Gasteiger charge is 2.61. The van der Waals surface area contributed by atoms with E-state index in [-0.39, 0.29) is 18.3 Å². The molecule has 6 heteroatoms. The number of rotatable bonds is 1. The molecule has 102 valence electrons. The minimum atomic E-state index is -4.99. The zero-order chi connectivity index (χ0) is 13.2. The summed E-state index contributed by atoms with van der Waals surface area (Å²) in [7, 11) is 0. The zero-order valence-corrected chi connectivity index (χ0v) is 9.73. The van der Waals surface area contributed by atoms with Crippen LogP contribution in [0.25, 0.3) is 0 Å². The maximum absolute atomic E-state index is 14.4. The van der Waals surface area contributed by atoms with Crippen molar-refractivity contribution in [2.24, 2.45) is 11.8 Å². The summed E-state index contributed by atoms with van der Waals surface area (Å²) in [5.41, 5.74) is -2.62. The Balaban J connectivity index is 1.81. The molecule has 4 rings (SSSR count). The van der Waals surface area contributed by atoms with Crippen molar-refractivity contribution in [1.29, 1.82) is 0 Å². The molecule has 0 amide bonds. The van der Waals surface area contributed by atoms with E-state index in [0.29, 0.717) is 25.7 Å². The van der Waals surface area contributed by atoms with Gasteiger partial charge in [0, 0.05) is 6.42 Å². The van der Waals surface area contributed by atoms with E-state index >= 15 is 0 Å². The third kappa shape index (κ3) is 1.89. The summed E-state index contributed by atoms with van der Waals surface area (Å²) in [5, 5.41) is 0. The molecule has 2 unspecified atom stereocenters. The lowest BCUT2D eigenvalue weighted by Gasteiger charge is -2.58. The van der Waals surface area contributed by atoms with Gasteiger partial charge in [-0.1, -0.05) is 0 Å². The zero-order valence-electron chi connectivity index (χ0n) is 9.73. The largest absolute Gasteiger partial charge is 0.490 e. The normalized spacial score (nSPS) is 46.2. The van der Waals surface area contributed by atoms with Gasteiger partial charge in [0.15, 0.2) is 0 Å². The molecule has 0 aromatic rings. The number of hydrogen-bond acceptors (Lipinski definition) is 2. The van der Waals surface area contributed by atoms with Crippen molar-refractivity contribution in [1.82, 2.24) is 0 Å². The second-order valence-electron chi connectivity index (χ2n) is 6.18. The lowest BCUT2D eigenvalue weighted by molar-refractivity contribution is -0.239. The average Bonchev–Trinajstić information content (AvgIpc) is 2.10. The van der Waals surface area contributed by atoms with Crippen molar-refractivity contribution in [3.05, 3.63) is 0 Å². The van der Waals surface area contributed by atoms with E-state index in [1.165, 1.54) is 0 Å². The maximum atomic E-state index is 14.4. The highest BCUT2D eigenvalue weighted by atomic mass is 19.4. The van der Waals surface area contributed by atoms with E-state index in [9.17, 15) is 22.4 Å². The summed E-state index contributed by atoms with van der Waals surface area (Å²) >= 11 is 0. The van der Waals surface area contributed by atoms with Gasteiger partial charge < -0.3 is 4.74 Å². The van der Waals surface area contributed by atoms with Crippen LogP contribution in [0.2, 0.25) is 0 Å². The first-order valence-corrected chi connectivity index (χ1v) is 6.19. The van der Waals surface area contributed by atoms with E-state index in [2.05, 4.69) is 4.74 Å². The molecule has 4 bridgehead atoms. The molecular weight excluding hydrogens is 252 g/mol. The molecule has 0 radical (unpaired) electrons. The molecule has 0 spiro atoms. The second kappa shape index (κ2) is 3.39. The van der Waals surface area contributed by atoms with Crippen LogP contribution in [0.3, 0.4) is 0 Å². The summed E-state index contributed by atoms with van der Waals surface area (Å²) in [6.45, 7) is 0.